The van der Waals surface area contributed by atoms with Crippen molar-refractivity contribution in [1.82, 2.24) is 4.90 Å². The van der Waals surface area contributed by atoms with Crippen LogP contribution >= 0.6 is 0 Å². The zero-order valence-corrected chi connectivity index (χ0v) is 11.9. The van der Waals surface area contributed by atoms with Crippen LogP contribution in [-0.2, 0) is 4.79 Å². The molecule has 5 nitrogen and oxygen atoms in total. The van der Waals surface area contributed by atoms with Gasteiger partial charge < -0.3 is 14.9 Å². The molecule has 20 heavy (non-hydrogen) atoms. The molecule has 1 aliphatic heterocycles. The Hall–Kier alpha value is -2.04. The molecule has 1 saturated heterocycles. The van der Waals surface area contributed by atoms with Crippen LogP contribution in [-0.4, -0.2) is 48.6 Å². The lowest BCUT2D eigenvalue weighted by Gasteiger charge is -2.24. The molecule has 1 aliphatic rings. The monoisotopic (exact) mass is 276 g/mol. The molecular weight excluding hydrogens is 256 g/mol. The van der Waals surface area contributed by atoms with E-state index in [-0.39, 0.29) is 18.4 Å². The number of hydrogen-bond donors (Lipinski definition) is 1. The predicted molar refractivity (Wildman–Crippen MR) is 77.1 cm³/mol. The molecule has 0 spiro atoms. The lowest BCUT2D eigenvalue weighted by Crippen LogP contribution is -2.36. The van der Waals surface area contributed by atoms with Gasteiger partial charge in [0.2, 0.25) is 0 Å². The molecule has 1 N–H and O–H groups in total. The molecule has 2 rings (SSSR count). The van der Waals surface area contributed by atoms with Crippen molar-refractivity contribution in [1.29, 1.82) is 0 Å². The Morgan fingerprint density at radius 1 is 1.40 bits per heavy atom. The summed E-state index contributed by atoms with van der Waals surface area (Å²) >= 11 is 0. The summed E-state index contributed by atoms with van der Waals surface area (Å²) in [6.07, 6.45) is 1.67. The molecule has 1 aromatic carbocycles. The van der Waals surface area contributed by atoms with E-state index in [0.717, 1.165) is 18.5 Å². The number of benzene rings is 1. The minimum Gasteiger partial charge on any atom is -0.481 e. The van der Waals surface area contributed by atoms with Crippen molar-refractivity contribution in [2.75, 3.05) is 25.5 Å². The molecule has 1 amide bonds. The van der Waals surface area contributed by atoms with Crippen LogP contribution in [0.1, 0.15) is 29.6 Å². The molecule has 0 bridgehead atoms. The Bertz CT molecular complexity index is 514. The number of carbonyl (C=O) groups excluding carboxylic acids is 1. The minimum absolute atomic E-state index is 0.0269. The lowest BCUT2D eigenvalue weighted by atomic mass is 10.1. The zero-order chi connectivity index (χ0) is 14.7. The van der Waals surface area contributed by atoms with Crippen LogP contribution in [0.25, 0.3) is 0 Å². The van der Waals surface area contributed by atoms with Gasteiger partial charge in [0.1, 0.15) is 0 Å². The fourth-order valence-corrected chi connectivity index (χ4v) is 2.60. The third-order valence-corrected chi connectivity index (χ3v) is 3.66. The van der Waals surface area contributed by atoms with E-state index in [0.29, 0.717) is 12.1 Å². The highest BCUT2D eigenvalue weighted by Gasteiger charge is 2.30. The smallest absolute Gasteiger partial charge is 0.305 e. The average Bonchev–Trinajstić information content (AvgIpc) is 2.85. The molecule has 0 saturated carbocycles. The number of likely N-dealkylation sites (tertiary alicyclic amines) is 1. The van der Waals surface area contributed by atoms with Crippen LogP contribution in [0.2, 0.25) is 0 Å². The van der Waals surface area contributed by atoms with Crippen molar-refractivity contribution in [3.63, 3.8) is 0 Å². The fraction of sp³-hybridized carbons (Fsp3) is 0.467. The highest BCUT2D eigenvalue weighted by molar-refractivity contribution is 5.95. The number of carbonyl (C=O) groups is 2. The molecule has 0 aliphatic carbocycles. The normalized spacial score (nSPS) is 18.1. The molecule has 108 valence electrons. The second-order valence-corrected chi connectivity index (χ2v) is 5.34. The zero-order valence-electron chi connectivity index (χ0n) is 11.9. The van der Waals surface area contributed by atoms with Gasteiger partial charge in [-0.05, 0) is 31.0 Å². The van der Waals surface area contributed by atoms with Crippen molar-refractivity contribution >= 4 is 17.6 Å². The minimum atomic E-state index is -0.850. The maximum absolute atomic E-state index is 12.5. The predicted octanol–water partition coefficient (Wildman–Crippen LogP) is 1.83. The molecular formula is C15H20N2O3. The number of carboxylic acids is 1. The molecule has 1 unspecified atom stereocenters. The van der Waals surface area contributed by atoms with Gasteiger partial charge in [0.05, 0.1) is 6.42 Å². The van der Waals surface area contributed by atoms with E-state index in [4.69, 9.17) is 5.11 Å². The first kappa shape index (κ1) is 14.4. The van der Waals surface area contributed by atoms with Gasteiger partial charge in [0.15, 0.2) is 0 Å². The Morgan fingerprint density at radius 2 is 2.15 bits per heavy atom. The van der Waals surface area contributed by atoms with Crippen LogP contribution < -0.4 is 4.90 Å². The molecule has 1 aromatic rings. The molecule has 1 heterocycles. The molecule has 5 heteroatoms. The van der Waals surface area contributed by atoms with Crippen molar-refractivity contribution in [2.45, 2.75) is 25.3 Å². The van der Waals surface area contributed by atoms with Gasteiger partial charge in [-0.15, -0.1) is 0 Å². The van der Waals surface area contributed by atoms with Gasteiger partial charge in [-0.1, -0.05) is 6.07 Å². The SMILES string of the molecule is CN(C)c1cccc(C(=O)N2CCCC2CC(=O)O)c1. The Kier molecular flexibility index (Phi) is 4.27. The molecule has 0 aromatic heterocycles. The third-order valence-electron chi connectivity index (χ3n) is 3.66. The fourth-order valence-electron chi connectivity index (χ4n) is 2.60. The maximum atomic E-state index is 12.5. The number of hydrogen-bond acceptors (Lipinski definition) is 3. The summed E-state index contributed by atoms with van der Waals surface area (Å²) in [5, 5.41) is 8.92. The maximum Gasteiger partial charge on any atom is 0.305 e. The number of anilines is 1. The number of amides is 1. The van der Waals surface area contributed by atoms with Crippen LogP contribution in [0.15, 0.2) is 24.3 Å². The van der Waals surface area contributed by atoms with Gasteiger partial charge >= 0.3 is 5.97 Å². The van der Waals surface area contributed by atoms with E-state index in [9.17, 15) is 9.59 Å². The van der Waals surface area contributed by atoms with Crippen LogP contribution in [0, 0.1) is 0 Å². The van der Waals surface area contributed by atoms with E-state index in [2.05, 4.69) is 0 Å². The van der Waals surface area contributed by atoms with E-state index < -0.39 is 5.97 Å². The number of carboxylic acid groups (broad SMARTS) is 1. The van der Waals surface area contributed by atoms with Gasteiger partial charge in [-0.3, -0.25) is 9.59 Å². The third kappa shape index (κ3) is 3.10. The van der Waals surface area contributed by atoms with Gasteiger partial charge in [-0.25, -0.2) is 0 Å². The van der Waals surface area contributed by atoms with E-state index >= 15 is 0 Å². The number of aliphatic carboxylic acids is 1. The van der Waals surface area contributed by atoms with Gasteiger partial charge in [0, 0.05) is 37.9 Å². The van der Waals surface area contributed by atoms with E-state index in [1.54, 1.807) is 11.0 Å². The Morgan fingerprint density at radius 3 is 2.80 bits per heavy atom. The summed E-state index contributed by atoms with van der Waals surface area (Å²) in [7, 11) is 3.85. The van der Waals surface area contributed by atoms with Crippen LogP contribution in [0.3, 0.4) is 0 Å². The highest BCUT2D eigenvalue weighted by Crippen LogP contribution is 2.24. The highest BCUT2D eigenvalue weighted by atomic mass is 16.4. The molecule has 0 radical (unpaired) electrons. The van der Waals surface area contributed by atoms with Crippen LogP contribution in [0.5, 0.6) is 0 Å². The number of rotatable bonds is 4. The summed E-state index contributed by atoms with van der Waals surface area (Å²) in [4.78, 5) is 27.0. The average molecular weight is 276 g/mol. The van der Waals surface area contributed by atoms with Gasteiger partial charge in [-0.2, -0.15) is 0 Å². The lowest BCUT2D eigenvalue weighted by molar-refractivity contribution is -0.137. The summed E-state index contributed by atoms with van der Waals surface area (Å²) in [6, 6.07) is 7.24. The van der Waals surface area contributed by atoms with Crippen molar-refractivity contribution in [3.05, 3.63) is 29.8 Å². The van der Waals surface area contributed by atoms with Crippen LogP contribution in [0.4, 0.5) is 5.69 Å². The summed E-state index contributed by atoms with van der Waals surface area (Å²) in [5.74, 6) is -0.922. The Labute approximate surface area is 118 Å². The van der Waals surface area contributed by atoms with Crippen molar-refractivity contribution in [3.8, 4) is 0 Å². The second-order valence-electron chi connectivity index (χ2n) is 5.34. The summed E-state index contributed by atoms with van der Waals surface area (Å²) in [6.45, 7) is 0.642. The first-order chi connectivity index (χ1) is 9.49. The van der Waals surface area contributed by atoms with E-state index in [1.807, 2.05) is 37.2 Å². The largest absolute Gasteiger partial charge is 0.481 e. The molecule has 1 atom stereocenters. The van der Waals surface area contributed by atoms with E-state index in [1.165, 1.54) is 0 Å². The summed E-state index contributed by atoms with van der Waals surface area (Å²) in [5.41, 5.74) is 1.58. The topological polar surface area (TPSA) is 60.9 Å². The van der Waals surface area contributed by atoms with Crippen molar-refractivity contribution < 1.29 is 14.7 Å². The first-order valence-corrected chi connectivity index (χ1v) is 6.79. The summed E-state index contributed by atoms with van der Waals surface area (Å²) < 4.78 is 0. The standard InChI is InChI=1S/C15H20N2O3/c1-16(2)12-6-3-5-11(9-12)15(20)17-8-4-7-13(17)10-14(18)19/h3,5-6,9,13H,4,7-8,10H2,1-2H3,(H,18,19). The first-order valence-electron chi connectivity index (χ1n) is 6.79. The second kappa shape index (κ2) is 5.94. The molecule has 1 fully saturated rings. The van der Waals surface area contributed by atoms with Gasteiger partial charge in [0.25, 0.3) is 5.91 Å². The Balaban J connectivity index is 2.18. The van der Waals surface area contributed by atoms with Crippen molar-refractivity contribution in [2.24, 2.45) is 0 Å². The quantitative estimate of drug-likeness (QED) is 0.911. The number of nitrogens with zero attached hydrogens (tertiary/aromatic N) is 2.